The van der Waals surface area contributed by atoms with Crippen molar-refractivity contribution in [1.29, 1.82) is 0 Å². The van der Waals surface area contributed by atoms with Gasteiger partial charge in [0.2, 0.25) is 0 Å². The third kappa shape index (κ3) is 2.66. The number of pyridine rings is 1. The van der Waals surface area contributed by atoms with E-state index < -0.39 is 0 Å². The van der Waals surface area contributed by atoms with E-state index in [1.54, 1.807) is 12.1 Å². The van der Waals surface area contributed by atoms with E-state index in [0.717, 1.165) is 30.7 Å². The molecule has 5 heteroatoms. The van der Waals surface area contributed by atoms with E-state index in [0.29, 0.717) is 5.56 Å². The molecule has 0 amide bonds. The van der Waals surface area contributed by atoms with E-state index in [1.807, 2.05) is 10.6 Å². The topological polar surface area (TPSA) is 50.5 Å². The van der Waals surface area contributed by atoms with Gasteiger partial charge in [-0.15, -0.1) is 10.2 Å². The van der Waals surface area contributed by atoms with Crippen molar-refractivity contribution >= 4 is 11.9 Å². The van der Waals surface area contributed by atoms with Crippen molar-refractivity contribution in [2.75, 3.05) is 19.6 Å². The molecule has 0 unspecified atom stereocenters. The summed E-state index contributed by atoms with van der Waals surface area (Å²) in [5, 5.41) is 8.35. The average Bonchev–Trinajstić information content (AvgIpc) is 2.88. The zero-order valence-corrected chi connectivity index (χ0v) is 11.0. The van der Waals surface area contributed by atoms with Gasteiger partial charge in [-0.3, -0.25) is 9.20 Å². The first-order valence-electron chi connectivity index (χ1n) is 6.88. The second-order valence-corrected chi connectivity index (χ2v) is 5.07. The molecule has 0 bridgehead atoms. The van der Waals surface area contributed by atoms with Crippen molar-refractivity contribution < 1.29 is 4.79 Å². The molecule has 0 N–H and O–H groups in total. The van der Waals surface area contributed by atoms with Crippen molar-refractivity contribution in [2.24, 2.45) is 0 Å². The van der Waals surface area contributed by atoms with E-state index in [4.69, 9.17) is 0 Å². The van der Waals surface area contributed by atoms with Gasteiger partial charge in [0.1, 0.15) is 12.1 Å². The number of carbonyl (C=O) groups excluding carboxylic acids is 1. The predicted octanol–water partition coefficient (Wildman–Crippen LogP) is 1.57. The highest BCUT2D eigenvalue weighted by atomic mass is 16.1. The van der Waals surface area contributed by atoms with Crippen molar-refractivity contribution in [3.05, 3.63) is 29.7 Å². The summed E-state index contributed by atoms with van der Waals surface area (Å²) in [6.07, 6.45) is 7.60. The van der Waals surface area contributed by atoms with Crippen LogP contribution in [0.15, 0.2) is 18.3 Å². The van der Waals surface area contributed by atoms with Gasteiger partial charge in [0.05, 0.1) is 0 Å². The largest absolute Gasteiger partial charge is 0.303 e. The molecular weight excluding hydrogens is 240 g/mol. The maximum Gasteiger partial charge on any atom is 0.161 e. The van der Waals surface area contributed by atoms with Crippen LogP contribution in [0.4, 0.5) is 0 Å². The Balaban J connectivity index is 1.72. The monoisotopic (exact) mass is 258 g/mol. The Labute approximate surface area is 112 Å². The quantitative estimate of drug-likeness (QED) is 0.781. The Kier molecular flexibility index (Phi) is 3.55. The lowest BCUT2D eigenvalue weighted by molar-refractivity contribution is 0.112. The van der Waals surface area contributed by atoms with Crippen molar-refractivity contribution in [2.45, 2.75) is 25.7 Å². The number of hydrogen-bond donors (Lipinski definition) is 0. The summed E-state index contributed by atoms with van der Waals surface area (Å²) in [5.41, 5.74) is 1.39. The van der Waals surface area contributed by atoms with Crippen molar-refractivity contribution in [3.8, 4) is 0 Å². The summed E-state index contributed by atoms with van der Waals surface area (Å²) in [6, 6.07) is 3.57. The first-order valence-corrected chi connectivity index (χ1v) is 6.88. The van der Waals surface area contributed by atoms with Crippen LogP contribution in [0, 0.1) is 0 Å². The summed E-state index contributed by atoms with van der Waals surface area (Å²) in [4.78, 5) is 13.2. The van der Waals surface area contributed by atoms with E-state index in [2.05, 4.69) is 15.1 Å². The second kappa shape index (κ2) is 5.48. The highest BCUT2D eigenvalue weighted by molar-refractivity contribution is 5.76. The third-order valence-electron chi connectivity index (χ3n) is 3.74. The van der Waals surface area contributed by atoms with E-state index in [9.17, 15) is 4.79 Å². The van der Waals surface area contributed by atoms with Gasteiger partial charge in [0.15, 0.2) is 5.65 Å². The van der Waals surface area contributed by atoms with Crippen LogP contribution in [0.2, 0.25) is 0 Å². The molecule has 0 spiro atoms. The molecule has 0 aliphatic carbocycles. The maximum atomic E-state index is 10.7. The normalized spacial score (nSPS) is 16.8. The fraction of sp³-hybridized carbons (Fsp3) is 0.500. The SMILES string of the molecule is O=Cc1ccn2c(CCN3CCCCC3)nnc2c1. The molecule has 0 atom stereocenters. The van der Waals surface area contributed by atoms with Gasteiger partial charge in [-0.05, 0) is 38.1 Å². The zero-order valence-electron chi connectivity index (χ0n) is 11.0. The zero-order chi connectivity index (χ0) is 13.1. The predicted molar refractivity (Wildman–Crippen MR) is 72.4 cm³/mol. The third-order valence-corrected chi connectivity index (χ3v) is 3.74. The number of hydrogen-bond acceptors (Lipinski definition) is 4. The molecule has 2 aromatic heterocycles. The lowest BCUT2D eigenvalue weighted by atomic mass is 10.1. The Hall–Kier alpha value is -1.75. The molecule has 1 aliphatic rings. The molecule has 1 aliphatic heterocycles. The highest BCUT2D eigenvalue weighted by Gasteiger charge is 2.12. The van der Waals surface area contributed by atoms with Crippen LogP contribution < -0.4 is 0 Å². The minimum Gasteiger partial charge on any atom is -0.303 e. The van der Waals surface area contributed by atoms with E-state index in [-0.39, 0.29) is 0 Å². The number of likely N-dealkylation sites (tertiary alicyclic amines) is 1. The molecule has 0 saturated carbocycles. The summed E-state index contributed by atoms with van der Waals surface area (Å²) in [7, 11) is 0. The second-order valence-electron chi connectivity index (χ2n) is 5.07. The smallest absolute Gasteiger partial charge is 0.161 e. The number of fused-ring (bicyclic) bond motifs is 1. The molecule has 5 nitrogen and oxygen atoms in total. The lowest BCUT2D eigenvalue weighted by Crippen LogP contribution is -2.31. The number of nitrogens with zero attached hydrogens (tertiary/aromatic N) is 4. The maximum absolute atomic E-state index is 10.7. The van der Waals surface area contributed by atoms with Gasteiger partial charge in [0, 0.05) is 24.7 Å². The fourth-order valence-corrected chi connectivity index (χ4v) is 2.64. The van der Waals surface area contributed by atoms with Crippen LogP contribution in [-0.2, 0) is 6.42 Å². The Morgan fingerprint density at radius 1 is 1.21 bits per heavy atom. The van der Waals surface area contributed by atoms with Crippen LogP contribution in [0.5, 0.6) is 0 Å². The summed E-state index contributed by atoms with van der Waals surface area (Å²) >= 11 is 0. The van der Waals surface area contributed by atoms with Crippen molar-refractivity contribution in [3.63, 3.8) is 0 Å². The van der Waals surface area contributed by atoms with Crippen LogP contribution in [0.25, 0.3) is 5.65 Å². The molecule has 2 aromatic rings. The number of carbonyl (C=O) groups is 1. The van der Waals surface area contributed by atoms with Crippen LogP contribution in [0.3, 0.4) is 0 Å². The molecule has 3 heterocycles. The summed E-state index contributed by atoms with van der Waals surface area (Å²) in [5.74, 6) is 0.970. The molecule has 3 rings (SSSR count). The Morgan fingerprint density at radius 2 is 2.05 bits per heavy atom. The Morgan fingerprint density at radius 3 is 2.84 bits per heavy atom. The van der Waals surface area contributed by atoms with Gasteiger partial charge >= 0.3 is 0 Å². The highest BCUT2D eigenvalue weighted by Crippen LogP contribution is 2.11. The molecule has 0 radical (unpaired) electrons. The van der Waals surface area contributed by atoms with Gasteiger partial charge < -0.3 is 4.90 Å². The van der Waals surface area contributed by atoms with Gasteiger partial charge in [-0.25, -0.2) is 0 Å². The summed E-state index contributed by atoms with van der Waals surface area (Å²) in [6.45, 7) is 3.44. The molecule has 1 saturated heterocycles. The fourth-order valence-electron chi connectivity index (χ4n) is 2.64. The van der Waals surface area contributed by atoms with Crippen LogP contribution >= 0.6 is 0 Å². The number of aldehydes is 1. The number of rotatable bonds is 4. The molecular formula is C14H18N4O. The molecule has 19 heavy (non-hydrogen) atoms. The van der Waals surface area contributed by atoms with Gasteiger partial charge in [-0.2, -0.15) is 0 Å². The standard InChI is InChI=1S/C14H18N4O/c19-11-12-4-9-18-13(15-16-14(18)10-12)5-8-17-6-2-1-3-7-17/h4,9-11H,1-3,5-8H2. The minimum atomic E-state index is 0.641. The lowest BCUT2D eigenvalue weighted by Gasteiger charge is -2.25. The van der Waals surface area contributed by atoms with Gasteiger partial charge in [0.25, 0.3) is 0 Å². The first-order chi connectivity index (χ1) is 9.36. The molecule has 100 valence electrons. The van der Waals surface area contributed by atoms with Crippen molar-refractivity contribution in [1.82, 2.24) is 19.5 Å². The van der Waals surface area contributed by atoms with Gasteiger partial charge in [-0.1, -0.05) is 6.42 Å². The van der Waals surface area contributed by atoms with E-state index >= 15 is 0 Å². The van der Waals surface area contributed by atoms with Crippen LogP contribution in [0.1, 0.15) is 35.4 Å². The van der Waals surface area contributed by atoms with E-state index in [1.165, 1.54) is 32.4 Å². The first kappa shape index (κ1) is 12.3. The molecule has 0 aromatic carbocycles. The average molecular weight is 258 g/mol. The minimum absolute atomic E-state index is 0.641. The number of aromatic nitrogens is 3. The van der Waals surface area contributed by atoms with Crippen LogP contribution in [-0.4, -0.2) is 45.4 Å². The summed E-state index contributed by atoms with van der Waals surface area (Å²) < 4.78 is 1.97. The Bertz CT molecular complexity index is 572. The molecule has 1 fully saturated rings. The number of piperidine rings is 1.